The van der Waals surface area contributed by atoms with Gasteiger partial charge in [0.1, 0.15) is 0 Å². The van der Waals surface area contributed by atoms with Gasteiger partial charge in [0.05, 0.1) is 13.6 Å². The first-order chi connectivity index (χ1) is 5.96. The van der Waals surface area contributed by atoms with Gasteiger partial charge in [-0.3, -0.25) is 0 Å². The first-order valence-electron chi connectivity index (χ1n) is 4.76. The van der Waals surface area contributed by atoms with Gasteiger partial charge >= 0.3 is 5.97 Å². The minimum absolute atomic E-state index is 0.326. The van der Waals surface area contributed by atoms with Gasteiger partial charge in [-0.1, -0.05) is 0 Å². The summed E-state index contributed by atoms with van der Waals surface area (Å²) in [5, 5.41) is 21.1. The van der Waals surface area contributed by atoms with E-state index in [9.17, 15) is 10.0 Å². The molecule has 0 amide bonds. The second-order valence-electron chi connectivity index (χ2n) is 3.96. The monoisotopic (exact) mass is 187 g/mol. The zero-order valence-electron chi connectivity index (χ0n) is 8.25. The van der Waals surface area contributed by atoms with E-state index in [0.29, 0.717) is 19.4 Å². The van der Waals surface area contributed by atoms with Crippen LogP contribution in [-0.2, 0) is 4.79 Å². The maximum Gasteiger partial charge on any atom is 0.366 e. The fourth-order valence-corrected chi connectivity index (χ4v) is 2.15. The minimum Gasteiger partial charge on any atom is -0.632 e. The number of hydroxylamine groups is 3. The Morgan fingerprint density at radius 2 is 2.00 bits per heavy atom. The van der Waals surface area contributed by atoms with Crippen LogP contribution in [0.4, 0.5) is 0 Å². The van der Waals surface area contributed by atoms with Gasteiger partial charge in [-0.05, 0) is 19.8 Å². The molecular formula is C9H17NO3. The van der Waals surface area contributed by atoms with Crippen molar-refractivity contribution in [3.05, 3.63) is 5.21 Å². The Labute approximate surface area is 78.3 Å². The van der Waals surface area contributed by atoms with Crippen molar-refractivity contribution in [2.75, 3.05) is 13.6 Å². The molecule has 0 aromatic heterocycles. The number of carboxylic acids is 1. The number of quaternary nitrogens is 1. The Hall–Kier alpha value is -0.610. The molecule has 1 saturated carbocycles. The van der Waals surface area contributed by atoms with Crippen molar-refractivity contribution < 1.29 is 14.5 Å². The van der Waals surface area contributed by atoms with Crippen LogP contribution in [0.1, 0.15) is 32.6 Å². The lowest BCUT2D eigenvalue weighted by atomic mass is 9.95. The zero-order chi connectivity index (χ0) is 10.1. The van der Waals surface area contributed by atoms with Gasteiger partial charge in [-0.25, -0.2) is 4.79 Å². The normalized spacial score (nSPS) is 25.5. The summed E-state index contributed by atoms with van der Waals surface area (Å²) >= 11 is 0. The zero-order valence-corrected chi connectivity index (χ0v) is 8.25. The van der Waals surface area contributed by atoms with Crippen molar-refractivity contribution in [1.29, 1.82) is 0 Å². The lowest BCUT2D eigenvalue weighted by Crippen LogP contribution is -2.61. The molecular weight excluding hydrogens is 170 g/mol. The van der Waals surface area contributed by atoms with Crippen molar-refractivity contribution in [3.63, 3.8) is 0 Å². The maximum absolute atomic E-state index is 12.0. The van der Waals surface area contributed by atoms with Gasteiger partial charge in [0.15, 0.2) is 5.54 Å². The highest BCUT2D eigenvalue weighted by atomic mass is 16.6. The molecule has 1 N–H and O–H groups in total. The predicted octanol–water partition coefficient (Wildman–Crippen LogP) is 1.35. The summed E-state index contributed by atoms with van der Waals surface area (Å²) in [6.45, 7) is 2.07. The molecule has 0 radical (unpaired) electrons. The van der Waals surface area contributed by atoms with Crippen molar-refractivity contribution in [2.45, 2.75) is 38.1 Å². The Bertz CT molecular complexity index is 207. The smallest absolute Gasteiger partial charge is 0.366 e. The fraction of sp³-hybridized carbons (Fsp3) is 0.889. The van der Waals surface area contributed by atoms with Crippen LogP contribution in [0.5, 0.6) is 0 Å². The summed E-state index contributed by atoms with van der Waals surface area (Å²) in [5.41, 5.74) is -1.06. The molecule has 0 spiro atoms. The van der Waals surface area contributed by atoms with E-state index in [0.717, 1.165) is 12.8 Å². The van der Waals surface area contributed by atoms with Gasteiger partial charge in [-0.2, -0.15) is 0 Å². The highest BCUT2D eigenvalue weighted by Crippen LogP contribution is 2.38. The average Bonchev–Trinajstić information content (AvgIpc) is 2.53. The quantitative estimate of drug-likeness (QED) is 0.536. The number of hydrogen-bond donors (Lipinski definition) is 1. The number of carboxylic acid groups (broad SMARTS) is 1. The molecule has 1 unspecified atom stereocenters. The van der Waals surface area contributed by atoms with Crippen LogP contribution in [0.15, 0.2) is 0 Å². The van der Waals surface area contributed by atoms with E-state index in [4.69, 9.17) is 5.11 Å². The molecule has 1 aliphatic rings. The number of likely N-dealkylation sites (N-methyl/N-ethyl adjacent to an activating group) is 1. The summed E-state index contributed by atoms with van der Waals surface area (Å²) in [6, 6.07) is 0. The van der Waals surface area contributed by atoms with Crippen molar-refractivity contribution in [3.8, 4) is 0 Å². The molecule has 0 heterocycles. The largest absolute Gasteiger partial charge is 0.632 e. The Morgan fingerprint density at radius 1 is 1.54 bits per heavy atom. The average molecular weight is 187 g/mol. The molecule has 4 nitrogen and oxygen atoms in total. The van der Waals surface area contributed by atoms with Crippen molar-refractivity contribution in [2.24, 2.45) is 0 Å². The van der Waals surface area contributed by atoms with Crippen molar-refractivity contribution >= 4 is 5.97 Å². The van der Waals surface area contributed by atoms with Crippen LogP contribution in [-0.4, -0.2) is 34.9 Å². The van der Waals surface area contributed by atoms with Crippen LogP contribution in [0.3, 0.4) is 0 Å². The maximum atomic E-state index is 12.0. The standard InChI is InChI=1S/C9H17NO3/c1-3-10(2,13)9(8(11)12)6-4-5-7-9/h3-7H2,1-2H3,(H,11,12). The molecule has 1 atom stereocenters. The van der Waals surface area contributed by atoms with E-state index in [1.165, 1.54) is 7.05 Å². The number of rotatable bonds is 3. The van der Waals surface area contributed by atoms with Gasteiger partial charge in [0.25, 0.3) is 0 Å². The molecule has 0 aliphatic heterocycles. The molecule has 1 rings (SSSR count). The summed E-state index contributed by atoms with van der Waals surface area (Å²) in [7, 11) is 1.47. The van der Waals surface area contributed by atoms with Crippen LogP contribution < -0.4 is 0 Å². The van der Waals surface area contributed by atoms with E-state index < -0.39 is 16.2 Å². The Kier molecular flexibility index (Phi) is 2.63. The van der Waals surface area contributed by atoms with Crippen LogP contribution in [0.25, 0.3) is 0 Å². The van der Waals surface area contributed by atoms with E-state index >= 15 is 0 Å². The summed E-state index contributed by atoms with van der Waals surface area (Å²) in [6.07, 6.45) is 2.77. The second kappa shape index (κ2) is 3.27. The Balaban J connectivity index is 2.97. The molecule has 0 bridgehead atoms. The third-order valence-electron chi connectivity index (χ3n) is 3.34. The van der Waals surface area contributed by atoms with E-state index in [1.807, 2.05) is 0 Å². The predicted molar refractivity (Wildman–Crippen MR) is 48.9 cm³/mol. The lowest BCUT2D eigenvalue weighted by Gasteiger charge is -2.49. The highest BCUT2D eigenvalue weighted by molar-refractivity contribution is 5.77. The number of nitrogens with zero attached hydrogens (tertiary/aromatic N) is 1. The number of carbonyl (C=O) groups is 1. The van der Waals surface area contributed by atoms with E-state index in [1.54, 1.807) is 6.92 Å². The molecule has 0 aromatic carbocycles. The Morgan fingerprint density at radius 3 is 2.31 bits per heavy atom. The van der Waals surface area contributed by atoms with E-state index in [2.05, 4.69) is 0 Å². The molecule has 13 heavy (non-hydrogen) atoms. The van der Waals surface area contributed by atoms with Crippen LogP contribution >= 0.6 is 0 Å². The molecule has 4 heteroatoms. The SMILES string of the molecule is CC[N+](C)([O-])C1(C(=O)O)CCCC1. The van der Waals surface area contributed by atoms with Gasteiger partial charge in [0.2, 0.25) is 0 Å². The van der Waals surface area contributed by atoms with Gasteiger partial charge < -0.3 is 15.0 Å². The van der Waals surface area contributed by atoms with Gasteiger partial charge in [0, 0.05) is 12.8 Å². The molecule has 0 saturated heterocycles. The fourth-order valence-electron chi connectivity index (χ4n) is 2.15. The summed E-state index contributed by atoms with van der Waals surface area (Å²) < 4.78 is -0.637. The first kappa shape index (κ1) is 10.5. The summed E-state index contributed by atoms with van der Waals surface area (Å²) in [4.78, 5) is 11.1. The minimum atomic E-state index is -1.06. The van der Waals surface area contributed by atoms with Crippen LogP contribution in [0.2, 0.25) is 0 Å². The first-order valence-corrected chi connectivity index (χ1v) is 4.76. The van der Waals surface area contributed by atoms with Gasteiger partial charge in [-0.15, -0.1) is 0 Å². The van der Waals surface area contributed by atoms with E-state index in [-0.39, 0.29) is 0 Å². The highest BCUT2D eigenvalue weighted by Gasteiger charge is 2.51. The van der Waals surface area contributed by atoms with Crippen LogP contribution in [0, 0.1) is 5.21 Å². The molecule has 1 aliphatic carbocycles. The molecule has 0 aromatic rings. The summed E-state index contributed by atoms with van der Waals surface area (Å²) in [5.74, 6) is -0.927. The van der Waals surface area contributed by atoms with Crippen molar-refractivity contribution in [1.82, 2.24) is 0 Å². The molecule has 1 fully saturated rings. The topological polar surface area (TPSA) is 60.4 Å². The third-order valence-corrected chi connectivity index (χ3v) is 3.34. The number of hydrogen-bond acceptors (Lipinski definition) is 2. The number of aliphatic carboxylic acids is 1. The lowest BCUT2D eigenvalue weighted by molar-refractivity contribution is -0.902. The third kappa shape index (κ3) is 1.44. The second-order valence-corrected chi connectivity index (χ2v) is 3.96. The molecule has 76 valence electrons.